The minimum Gasteiger partial charge on any atom is -0.468 e. The Morgan fingerprint density at radius 2 is 1.73 bits per heavy atom. The predicted molar refractivity (Wildman–Crippen MR) is 146 cm³/mol. The molecule has 8 heteroatoms. The minimum absolute atomic E-state index is 0.0375. The monoisotopic (exact) mass is 517 g/mol. The van der Waals surface area contributed by atoms with E-state index >= 15 is 0 Å². The zero-order chi connectivity index (χ0) is 26.8. The molecule has 3 aromatic rings. The number of rotatable bonds is 7. The van der Waals surface area contributed by atoms with Crippen LogP contribution in [0, 0.1) is 12.3 Å². The lowest BCUT2D eigenvalue weighted by atomic mass is 9.87. The van der Waals surface area contributed by atoms with E-state index in [9.17, 15) is 14.4 Å². The molecule has 37 heavy (non-hydrogen) atoms. The molecule has 0 aliphatic heterocycles. The van der Waals surface area contributed by atoms with Gasteiger partial charge in [-0.1, -0.05) is 87.5 Å². The van der Waals surface area contributed by atoms with Gasteiger partial charge in [0.15, 0.2) is 0 Å². The Morgan fingerprint density at radius 1 is 1.08 bits per heavy atom. The first-order valence-electron chi connectivity index (χ1n) is 12.3. The second kappa shape index (κ2) is 10.5. The maximum absolute atomic E-state index is 13.1. The van der Waals surface area contributed by atoms with Crippen molar-refractivity contribution in [2.45, 2.75) is 45.6 Å². The smallest absolute Gasteiger partial charge is 0.328 e. The zero-order valence-corrected chi connectivity index (χ0v) is 22.9. The summed E-state index contributed by atoms with van der Waals surface area (Å²) in [7, 11) is -0.329. The molecule has 0 saturated heterocycles. The minimum atomic E-state index is -1.69. The maximum Gasteiger partial charge on any atom is 0.328 e. The number of carbonyl (C=O) groups excluding carboxylic acids is 1. The van der Waals surface area contributed by atoms with Crippen LogP contribution >= 0.6 is 0 Å². The molecule has 2 aromatic carbocycles. The zero-order valence-electron chi connectivity index (χ0n) is 21.9. The summed E-state index contributed by atoms with van der Waals surface area (Å²) in [6.45, 7) is 8.29. The van der Waals surface area contributed by atoms with Crippen LogP contribution < -0.4 is 21.6 Å². The number of H-pyrrole nitrogens is 1. The van der Waals surface area contributed by atoms with Crippen molar-refractivity contribution < 1.29 is 14.0 Å². The van der Waals surface area contributed by atoms with Gasteiger partial charge >= 0.3 is 11.7 Å². The van der Waals surface area contributed by atoms with Crippen molar-refractivity contribution in [2.75, 3.05) is 13.7 Å². The van der Waals surface area contributed by atoms with Crippen molar-refractivity contribution in [1.82, 2.24) is 9.55 Å². The van der Waals surface area contributed by atoms with Crippen LogP contribution in [0.4, 0.5) is 0 Å². The van der Waals surface area contributed by atoms with Crippen molar-refractivity contribution in [2.24, 2.45) is 5.41 Å². The summed E-state index contributed by atoms with van der Waals surface area (Å²) < 4.78 is 13.3. The molecule has 0 fully saturated rings. The molecule has 1 aromatic heterocycles. The van der Waals surface area contributed by atoms with Crippen molar-refractivity contribution in [3.8, 4) is 0 Å². The van der Waals surface area contributed by atoms with Gasteiger partial charge in [-0.15, -0.1) is 0 Å². The van der Waals surface area contributed by atoms with Crippen LogP contribution in [0.3, 0.4) is 0 Å². The Morgan fingerprint density at radius 3 is 2.35 bits per heavy atom. The van der Waals surface area contributed by atoms with Crippen LogP contribution in [0.15, 0.2) is 82.5 Å². The SMILES string of the molecule is COC(=O)C1(CO[Si](c2ccccc2)c2ccc(C(C)(C)C)cc2)C=CC(n2cc(C)c(=O)[nH]c2=O)C1. The molecule has 193 valence electrons. The molecule has 7 nitrogen and oxygen atoms in total. The Kier molecular flexibility index (Phi) is 7.52. The van der Waals surface area contributed by atoms with Crippen LogP contribution in [0.1, 0.15) is 44.4 Å². The fraction of sp³-hybridized carbons (Fsp3) is 0.345. The molecule has 2 atom stereocenters. The third-order valence-corrected chi connectivity index (χ3v) is 8.98. The molecule has 1 N–H and O–H groups in total. The number of methoxy groups -OCH3 is 1. The molecular weight excluding hydrogens is 484 g/mol. The number of nitrogens with one attached hydrogen (secondary N) is 1. The van der Waals surface area contributed by atoms with Gasteiger partial charge in [0.25, 0.3) is 14.6 Å². The number of carbonyl (C=O) groups is 1. The van der Waals surface area contributed by atoms with Crippen molar-refractivity contribution in [3.05, 3.63) is 105 Å². The quantitative estimate of drug-likeness (QED) is 0.296. The molecule has 0 spiro atoms. The van der Waals surface area contributed by atoms with Gasteiger partial charge in [-0.2, -0.15) is 0 Å². The van der Waals surface area contributed by atoms with Gasteiger partial charge < -0.3 is 9.16 Å². The molecule has 1 aliphatic carbocycles. The first kappa shape index (κ1) is 26.6. The molecule has 1 aliphatic rings. The lowest BCUT2D eigenvalue weighted by Gasteiger charge is -2.28. The van der Waals surface area contributed by atoms with Crippen LogP contribution in [0.5, 0.6) is 0 Å². The highest BCUT2D eigenvalue weighted by molar-refractivity contribution is 6.80. The fourth-order valence-electron chi connectivity index (χ4n) is 4.59. The highest BCUT2D eigenvalue weighted by Crippen LogP contribution is 2.39. The topological polar surface area (TPSA) is 90.4 Å². The number of benzene rings is 2. The Labute approximate surface area is 218 Å². The third kappa shape index (κ3) is 5.60. The van der Waals surface area contributed by atoms with Gasteiger partial charge in [-0.3, -0.25) is 19.1 Å². The van der Waals surface area contributed by atoms with E-state index in [1.54, 1.807) is 13.0 Å². The molecular formula is C29H33N2O5Si. The number of aryl methyl sites for hydroxylation is 1. The molecule has 2 unspecified atom stereocenters. The molecule has 4 rings (SSSR count). The van der Waals surface area contributed by atoms with Gasteiger partial charge in [0.05, 0.1) is 19.8 Å². The van der Waals surface area contributed by atoms with Crippen LogP contribution in [0.2, 0.25) is 0 Å². The number of allylic oxidation sites excluding steroid dienone is 1. The predicted octanol–water partition coefficient (Wildman–Crippen LogP) is 2.63. The summed E-state index contributed by atoms with van der Waals surface area (Å²) in [5.41, 5.74) is -0.291. The van der Waals surface area contributed by atoms with Gasteiger partial charge in [-0.05, 0) is 34.7 Å². The highest BCUT2D eigenvalue weighted by atomic mass is 28.3. The molecule has 1 radical (unpaired) electrons. The van der Waals surface area contributed by atoms with Crippen molar-refractivity contribution in [3.63, 3.8) is 0 Å². The number of hydrogen-bond donors (Lipinski definition) is 1. The van der Waals surface area contributed by atoms with Gasteiger partial charge in [0.1, 0.15) is 5.41 Å². The number of aromatic amines is 1. The number of nitrogens with zero attached hydrogens (tertiary/aromatic N) is 1. The van der Waals surface area contributed by atoms with Gasteiger partial charge in [0.2, 0.25) is 0 Å². The lowest BCUT2D eigenvalue weighted by Crippen LogP contribution is -2.48. The molecule has 0 amide bonds. The van der Waals surface area contributed by atoms with E-state index in [0.29, 0.717) is 5.56 Å². The van der Waals surface area contributed by atoms with Gasteiger partial charge in [-0.25, -0.2) is 4.79 Å². The maximum atomic E-state index is 13.1. The number of aromatic nitrogens is 2. The first-order valence-corrected chi connectivity index (χ1v) is 13.7. The molecule has 0 saturated carbocycles. The van der Waals surface area contributed by atoms with Crippen LogP contribution in [0.25, 0.3) is 0 Å². The van der Waals surface area contributed by atoms with E-state index in [1.165, 1.54) is 23.4 Å². The third-order valence-electron chi connectivity index (χ3n) is 6.83. The normalized spacial score (nSPS) is 19.4. The number of esters is 1. The first-order chi connectivity index (χ1) is 17.5. The number of ether oxygens (including phenoxy) is 1. The van der Waals surface area contributed by atoms with Crippen molar-refractivity contribution >= 4 is 25.4 Å². The Balaban J connectivity index is 1.64. The summed E-state index contributed by atoms with van der Waals surface area (Å²) in [5, 5.41) is 2.15. The average molecular weight is 518 g/mol. The summed E-state index contributed by atoms with van der Waals surface area (Å²) in [6, 6.07) is 18.1. The summed E-state index contributed by atoms with van der Waals surface area (Å²) in [4.78, 5) is 39.7. The van der Waals surface area contributed by atoms with Crippen LogP contribution in [-0.2, 0) is 19.4 Å². The van der Waals surface area contributed by atoms with E-state index in [2.05, 4.69) is 50.0 Å². The largest absolute Gasteiger partial charge is 0.468 e. The van der Waals surface area contributed by atoms with E-state index in [-0.39, 0.29) is 18.4 Å². The average Bonchev–Trinajstić information content (AvgIpc) is 3.31. The van der Waals surface area contributed by atoms with E-state index in [0.717, 1.165) is 10.4 Å². The Hall–Kier alpha value is -3.49. The highest BCUT2D eigenvalue weighted by Gasteiger charge is 2.44. The van der Waals surface area contributed by atoms with E-state index < -0.39 is 37.7 Å². The van der Waals surface area contributed by atoms with E-state index in [4.69, 9.17) is 9.16 Å². The van der Waals surface area contributed by atoms with Crippen LogP contribution in [-0.4, -0.2) is 38.3 Å². The van der Waals surface area contributed by atoms with E-state index in [1.807, 2.05) is 36.4 Å². The molecule has 1 heterocycles. The van der Waals surface area contributed by atoms with Gasteiger partial charge in [0, 0.05) is 11.8 Å². The fourth-order valence-corrected chi connectivity index (χ4v) is 6.63. The lowest BCUT2D eigenvalue weighted by molar-refractivity contribution is -0.151. The number of hydrogen-bond acceptors (Lipinski definition) is 5. The second-order valence-corrected chi connectivity index (χ2v) is 12.7. The standard InChI is InChI=1S/C29H33N2O5Si/c1-20-18-31(27(34)30-25(20)32)22-15-16-29(17-22,26(33)35-5)19-36-37(23-9-7-6-8-10-23)24-13-11-21(12-14-24)28(2,3)4/h6-16,18,22H,17,19H2,1-5H3,(H,30,32,34). The van der Waals surface area contributed by atoms with Crippen molar-refractivity contribution in [1.29, 1.82) is 0 Å². The summed E-state index contributed by atoms with van der Waals surface area (Å²) in [6.07, 6.45) is 5.41. The second-order valence-electron chi connectivity index (χ2n) is 10.6. The summed E-state index contributed by atoms with van der Waals surface area (Å²) in [5.74, 6) is -0.419. The Bertz CT molecular complexity index is 1400. The summed E-state index contributed by atoms with van der Waals surface area (Å²) >= 11 is 0. The molecule has 0 bridgehead atoms.